The summed E-state index contributed by atoms with van der Waals surface area (Å²) in [5.74, 6) is 3.78. The zero-order valence-corrected chi connectivity index (χ0v) is 17.5. The van der Waals surface area contributed by atoms with E-state index in [4.69, 9.17) is 0 Å². The summed E-state index contributed by atoms with van der Waals surface area (Å²) in [4.78, 5) is 0. The predicted molar refractivity (Wildman–Crippen MR) is 107 cm³/mol. The molecule has 0 aliphatic heterocycles. The van der Waals surface area contributed by atoms with Gasteiger partial charge in [-0.25, -0.2) is 0 Å². The van der Waals surface area contributed by atoms with E-state index >= 15 is 0 Å². The summed E-state index contributed by atoms with van der Waals surface area (Å²) in [7, 11) is 0. The lowest BCUT2D eigenvalue weighted by Crippen LogP contribution is -2.57. The molecule has 2 nitrogen and oxygen atoms in total. The van der Waals surface area contributed by atoms with Gasteiger partial charge in [0.2, 0.25) is 0 Å². The van der Waals surface area contributed by atoms with Gasteiger partial charge in [-0.1, -0.05) is 33.6 Å². The SMILES string of the molecule is C[C@H](CCCO)[C@@]1(O)CC[C@H]2[C@@H]3CCC4CCCC[C@]4(C)[C@H]3CC[C@@]21C. The lowest BCUT2D eigenvalue weighted by molar-refractivity contribution is -0.169. The summed E-state index contributed by atoms with van der Waals surface area (Å²) in [6.45, 7) is 7.58. The number of fused-ring (bicyclic) bond motifs is 5. The lowest BCUT2D eigenvalue weighted by Gasteiger charge is -2.61. The molecular formula is C24H42O2. The van der Waals surface area contributed by atoms with Gasteiger partial charge in [-0.15, -0.1) is 0 Å². The van der Waals surface area contributed by atoms with Crippen molar-refractivity contribution in [3.05, 3.63) is 0 Å². The molecule has 0 bridgehead atoms. The smallest absolute Gasteiger partial charge is 0.0729 e. The Morgan fingerprint density at radius 2 is 1.69 bits per heavy atom. The molecule has 1 unspecified atom stereocenters. The van der Waals surface area contributed by atoms with E-state index < -0.39 is 5.60 Å². The van der Waals surface area contributed by atoms with Crippen LogP contribution in [0.5, 0.6) is 0 Å². The minimum Gasteiger partial charge on any atom is -0.396 e. The second kappa shape index (κ2) is 6.76. The van der Waals surface area contributed by atoms with Crippen molar-refractivity contribution in [3.63, 3.8) is 0 Å². The maximum absolute atomic E-state index is 11.8. The van der Waals surface area contributed by atoms with Gasteiger partial charge < -0.3 is 10.2 Å². The normalized spacial score (nSPS) is 52.0. The zero-order chi connectivity index (χ0) is 18.6. The number of hydrogen-bond donors (Lipinski definition) is 2. The van der Waals surface area contributed by atoms with Crippen LogP contribution in [0.4, 0.5) is 0 Å². The van der Waals surface area contributed by atoms with E-state index in [9.17, 15) is 10.2 Å². The van der Waals surface area contributed by atoms with Gasteiger partial charge in [0.05, 0.1) is 5.60 Å². The Kier molecular flexibility index (Phi) is 5.01. The summed E-state index contributed by atoms with van der Waals surface area (Å²) in [6.07, 6.45) is 15.3. The van der Waals surface area contributed by atoms with E-state index in [-0.39, 0.29) is 12.0 Å². The molecule has 0 aromatic carbocycles. The largest absolute Gasteiger partial charge is 0.396 e. The van der Waals surface area contributed by atoms with Crippen molar-refractivity contribution in [1.29, 1.82) is 0 Å². The molecule has 0 aromatic rings. The maximum Gasteiger partial charge on any atom is 0.0729 e. The highest BCUT2D eigenvalue weighted by Crippen LogP contribution is 2.69. The lowest BCUT2D eigenvalue weighted by atomic mass is 9.44. The van der Waals surface area contributed by atoms with Crippen molar-refractivity contribution in [2.75, 3.05) is 6.61 Å². The van der Waals surface area contributed by atoms with Gasteiger partial charge in [-0.3, -0.25) is 0 Å². The van der Waals surface area contributed by atoms with Crippen molar-refractivity contribution in [2.24, 2.45) is 40.4 Å². The number of rotatable bonds is 4. The Morgan fingerprint density at radius 1 is 0.923 bits per heavy atom. The first-order valence-electron chi connectivity index (χ1n) is 11.7. The molecule has 0 amide bonds. The van der Waals surface area contributed by atoms with E-state index in [0.717, 1.165) is 42.9 Å². The summed E-state index contributed by atoms with van der Waals surface area (Å²) in [5.41, 5.74) is 0.175. The molecule has 8 atom stereocenters. The molecule has 0 aromatic heterocycles. The van der Waals surface area contributed by atoms with Crippen LogP contribution in [0.1, 0.15) is 97.8 Å². The highest BCUT2D eigenvalue weighted by atomic mass is 16.3. The molecule has 4 rings (SSSR count). The van der Waals surface area contributed by atoms with E-state index in [1.54, 1.807) is 0 Å². The van der Waals surface area contributed by atoms with Crippen molar-refractivity contribution in [1.82, 2.24) is 0 Å². The van der Waals surface area contributed by atoms with E-state index in [0.29, 0.717) is 11.3 Å². The standard InChI is InChI=1S/C24H42O2/c1-17(7-6-16-25)24(26)15-12-21-19-10-9-18-8-4-5-13-22(18,2)20(19)11-14-23(21,24)3/h17-21,25-26H,4-16H2,1-3H3/t17-,18?,19-,20+,21+,22+,23+,24+/m1/s1. The molecular weight excluding hydrogens is 320 g/mol. The topological polar surface area (TPSA) is 40.5 Å². The van der Waals surface area contributed by atoms with Crippen LogP contribution in [-0.4, -0.2) is 22.4 Å². The predicted octanol–water partition coefficient (Wildman–Crippen LogP) is 5.56. The van der Waals surface area contributed by atoms with E-state index in [1.165, 1.54) is 57.8 Å². The average molecular weight is 363 g/mol. The highest BCUT2D eigenvalue weighted by molar-refractivity contribution is 5.14. The van der Waals surface area contributed by atoms with E-state index in [1.807, 2.05) is 0 Å². The quantitative estimate of drug-likeness (QED) is 0.687. The fraction of sp³-hybridized carbons (Fsp3) is 1.00. The first kappa shape index (κ1) is 19.2. The summed E-state index contributed by atoms with van der Waals surface area (Å²) >= 11 is 0. The second-order valence-electron chi connectivity index (χ2n) is 11.1. The van der Waals surface area contributed by atoms with Gasteiger partial charge in [-0.2, -0.15) is 0 Å². The van der Waals surface area contributed by atoms with Gasteiger partial charge in [0.1, 0.15) is 0 Å². The van der Waals surface area contributed by atoms with Crippen LogP contribution in [-0.2, 0) is 0 Å². The van der Waals surface area contributed by atoms with Crippen LogP contribution in [0.25, 0.3) is 0 Å². The van der Waals surface area contributed by atoms with Crippen molar-refractivity contribution >= 4 is 0 Å². The molecule has 150 valence electrons. The van der Waals surface area contributed by atoms with Gasteiger partial charge >= 0.3 is 0 Å². The minimum absolute atomic E-state index is 0.0981. The molecule has 4 fully saturated rings. The van der Waals surface area contributed by atoms with Gasteiger partial charge in [0.25, 0.3) is 0 Å². The van der Waals surface area contributed by atoms with Crippen LogP contribution < -0.4 is 0 Å². The molecule has 4 aliphatic carbocycles. The number of aliphatic hydroxyl groups is 2. The Bertz CT molecular complexity index is 518. The number of hydrogen-bond acceptors (Lipinski definition) is 2. The molecule has 0 radical (unpaired) electrons. The minimum atomic E-state index is -0.512. The molecule has 0 spiro atoms. The molecule has 26 heavy (non-hydrogen) atoms. The average Bonchev–Trinajstić information content (AvgIpc) is 2.91. The molecule has 4 aliphatic rings. The molecule has 2 N–H and O–H groups in total. The molecule has 0 heterocycles. The van der Waals surface area contributed by atoms with Crippen molar-refractivity contribution < 1.29 is 10.2 Å². The molecule has 4 saturated carbocycles. The third kappa shape index (κ3) is 2.57. The third-order valence-electron chi connectivity index (χ3n) is 10.4. The van der Waals surface area contributed by atoms with Gasteiger partial charge in [-0.05, 0) is 105 Å². The van der Waals surface area contributed by atoms with Gasteiger partial charge in [0, 0.05) is 6.61 Å². The Hall–Kier alpha value is -0.0800. The van der Waals surface area contributed by atoms with Crippen LogP contribution >= 0.6 is 0 Å². The first-order valence-corrected chi connectivity index (χ1v) is 11.7. The highest BCUT2D eigenvalue weighted by Gasteiger charge is 2.65. The maximum atomic E-state index is 11.8. The molecule has 2 heteroatoms. The fourth-order valence-corrected chi connectivity index (χ4v) is 8.79. The van der Waals surface area contributed by atoms with Crippen LogP contribution in [0.3, 0.4) is 0 Å². The third-order valence-corrected chi connectivity index (χ3v) is 10.4. The van der Waals surface area contributed by atoms with Gasteiger partial charge in [0.15, 0.2) is 0 Å². The summed E-state index contributed by atoms with van der Waals surface area (Å²) in [5, 5.41) is 21.1. The summed E-state index contributed by atoms with van der Waals surface area (Å²) < 4.78 is 0. The second-order valence-corrected chi connectivity index (χ2v) is 11.1. The van der Waals surface area contributed by atoms with Crippen molar-refractivity contribution in [2.45, 2.75) is 103 Å². The number of aliphatic hydroxyl groups excluding tert-OH is 1. The van der Waals surface area contributed by atoms with Crippen LogP contribution in [0.2, 0.25) is 0 Å². The van der Waals surface area contributed by atoms with Crippen LogP contribution in [0.15, 0.2) is 0 Å². The Morgan fingerprint density at radius 3 is 2.46 bits per heavy atom. The molecule has 0 saturated heterocycles. The van der Waals surface area contributed by atoms with Crippen LogP contribution in [0, 0.1) is 40.4 Å². The van der Waals surface area contributed by atoms with Crippen molar-refractivity contribution in [3.8, 4) is 0 Å². The first-order chi connectivity index (χ1) is 12.4. The van der Waals surface area contributed by atoms with E-state index in [2.05, 4.69) is 20.8 Å². The fourth-order valence-electron chi connectivity index (χ4n) is 8.79. The monoisotopic (exact) mass is 362 g/mol. The Balaban J connectivity index is 1.58. The Labute approximate surface area is 161 Å². The summed E-state index contributed by atoms with van der Waals surface area (Å²) in [6, 6.07) is 0. The zero-order valence-electron chi connectivity index (χ0n) is 17.5.